The van der Waals surface area contributed by atoms with Gasteiger partial charge in [-0.3, -0.25) is 9.10 Å². The summed E-state index contributed by atoms with van der Waals surface area (Å²) in [7, 11) is -3.92. The number of carbonyl (C=O) groups is 1. The Hall–Kier alpha value is -3.32. The highest BCUT2D eigenvalue weighted by molar-refractivity contribution is 7.92. The van der Waals surface area contributed by atoms with Crippen molar-refractivity contribution in [3.63, 3.8) is 0 Å². The van der Waals surface area contributed by atoms with E-state index in [1.165, 1.54) is 22.8 Å². The van der Waals surface area contributed by atoms with Gasteiger partial charge < -0.3 is 10.2 Å². The quantitative estimate of drug-likeness (QED) is 0.451. The number of hydrogen-bond donors (Lipinski definition) is 1. The Morgan fingerprint density at radius 2 is 1.69 bits per heavy atom. The molecule has 4 rings (SSSR count). The zero-order valence-electron chi connectivity index (χ0n) is 21.2. The molecule has 36 heavy (non-hydrogen) atoms. The van der Waals surface area contributed by atoms with Gasteiger partial charge in [-0.1, -0.05) is 55.0 Å². The first-order chi connectivity index (χ1) is 17.2. The lowest BCUT2D eigenvalue weighted by Gasteiger charge is -2.33. The van der Waals surface area contributed by atoms with E-state index >= 15 is 0 Å². The van der Waals surface area contributed by atoms with Crippen molar-refractivity contribution in [3.8, 4) is 0 Å². The number of rotatable bonds is 8. The largest absolute Gasteiger partial charge is 0.371 e. The van der Waals surface area contributed by atoms with Crippen LogP contribution < -0.4 is 14.5 Å². The van der Waals surface area contributed by atoms with Gasteiger partial charge in [0.1, 0.15) is 6.54 Å². The minimum absolute atomic E-state index is 0.153. The van der Waals surface area contributed by atoms with E-state index in [0.29, 0.717) is 11.6 Å². The van der Waals surface area contributed by atoms with Gasteiger partial charge in [0.2, 0.25) is 5.91 Å². The first-order valence-corrected chi connectivity index (χ1v) is 14.0. The maximum atomic E-state index is 13.5. The molecular weight excluding hydrogens is 470 g/mol. The van der Waals surface area contributed by atoms with Crippen molar-refractivity contribution in [2.45, 2.75) is 44.6 Å². The first-order valence-electron chi connectivity index (χ1n) is 12.5. The third-order valence-corrected chi connectivity index (χ3v) is 8.52. The van der Waals surface area contributed by atoms with Gasteiger partial charge in [0.05, 0.1) is 16.6 Å². The second-order valence-corrected chi connectivity index (χ2v) is 11.6. The van der Waals surface area contributed by atoms with E-state index in [2.05, 4.69) is 29.3 Å². The first kappa shape index (κ1) is 25.8. The lowest BCUT2D eigenvalue weighted by molar-refractivity contribution is -0.120. The highest BCUT2D eigenvalue weighted by Crippen LogP contribution is 2.26. The summed E-state index contributed by atoms with van der Waals surface area (Å²) in [6, 6.07) is 23.4. The van der Waals surface area contributed by atoms with Crippen molar-refractivity contribution in [3.05, 3.63) is 90.0 Å². The zero-order chi connectivity index (χ0) is 25.7. The molecule has 0 spiro atoms. The van der Waals surface area contributed by atoms with E-state index in [1.807, 2.05) is 32.0 Å². The summed E-state index contributed by atoms with van der Waals surface area (Å²) in [5.74, 6) is 0.330. The number of carbonyl (C=O) groups excluding carboxylic acids is 1. The summed E-state index contributed by atoms with van der Waals surface area (Å²) in [5.41, 5.74) is 3.58. The Labute approximate surface area is 215 Å². The molecule has 3 aromatic carbocycles. The van der Waals surface area contributed by atoms with E-state index in [9.17, 15) is 13.2 Å². The summed E-state index contributed by atoms with van der Waals surface area (Å²) in [6.07, 6.45) is 2.48. The predicted octanol–water partition coefficient (Wildman–Crippen LogP) is 5.30. The summed E-state index contributed by atoms with van der Waals surface area (Å²) >= 11 is 0. The van der Waals surface area contributed by atoms with Gasteiger partial charge in [-0.05, 0) is 74.6 Å². The lowest BCUT2D eigenvalue weighted by Crippen LogP contribution is -2.41. The zero-order valence-corrected chi connectivity index (χ0v) is 22.0. The molecule has 7 heteroatoms. The second kappa shape index (κ2) is 11.2. The van der Waals surface area contributed by atoms with Crippen LogP contribution >= 0.6 is 0 Å². The molecule has 1 aliphatic heterocycles. The van der Waals surface area contributed by atoms with Gasteiger partial charge in [-0.15, -0.1) is 0 Å². The SMILES string of the molecule is Cc1ccc(S(=O)(=O)N(CC(=O)NC(C)c2ccc(N3CCCC(C)C3)cc2)c2ccccc2)cc1. The van der Waals surface area contributed by atoms with Gasteiger partial charge in [-0.2, -0.15) is 0 Å². The fourth-order valence-electron chi connectivity index (χ4n) is 4.65. The molecule has 1 fully saturated rings. The van der Waals surface area contributed by atoms with Gasteiger partial charge in [0.25, 0.3) is 10.0 Å². The molecule has 0 radical (unpaired) electrons. The van der Waals surface area contributed by atoms with Crippen LogP contribution in [0.4, 0.5) is 11.4 Å². The Morgan fingerprint density at radius 3 is 2.33 bits per heavy atom. The Morgan fingerprint density at radius 1 is 1.03 bits per heavy atom. The molecule has 1 N–H and O–H groups in total. The van der Waals surface area contributed by atoms with Crippen LogP contribution in [-0.2, 0) is 14.8 Å². The number of amides is 1. The molecule has 3 aromatic rings. The minimum atomic E-state index is -3.92. The fourth-order valence-corrected chi connectivity index (χ4v) is 6.07. The van der Waals surface area contributed by atoms with Crippen molar-refractivity contribution in [2.75, 3.05) is 28.8 Å². The third-order valence-electron chi connectivity index (χ3n) is 6.73. The molecule has 6 nitrogen and oxygen atoms in total. The monoisotopic (exact) mass is 505 g/mol. The van der Waals surface area contributed by atoms with Gasteiger partial charge in [-0.25, -0.2) is 8.42 Å². The molecule has 1 heterocycles. The van der Waals surface area contributed by atoms with Crippen LogP contribution in [0.1, 0.15) is 43.9 Å². The van der Waals surface area contributed by atoms with E-state index < -0.39 is 10.0 Å². The van der Waals surface area contributed by atoms with E-state index in [1.54, 1.807) is 48.5 Å². The standard InChI is InChI=1S/C29H35N3O3S/c1-22-11-17-28(18-12-22)36(34,35)32(27-9-5-4-6-10-27)21-29(33)30-24(3)25-13-15-26(16-14-25)31-19-7-8-23(2)20-31/h4-6,9-18,23-24H,7-8,19-21H2,1-3H3,(H,30,33). The topological polar surface area (TPSA) is 69.7 Å². The number of para-hydroxylation sites is 1. The molecule has 0 bridgehead atoms. The third kappa shape index (κ3) is 6.08. The van der Waals surface area contributed by atoms with Gasteiger partial charge in [0, 0.05) is 18.8 Å². The van der Waals surface area contributed by atoms with E-state index in [4.69, 9.17) is 0 Å². The molecule has 1 saturated heterocycles. The normalized spacial score (nSPS) is 16.9. The summed E-state index contributed by atoms with van der Waals surface area (Å²) in [5, 5.41) is 2.98. The summed E-state index contributed by atoms with van der Waals surface area (Å²) in [6.45, 7) is 7.93. The van der Waals surface area contributed by atoms with Crippen LogP contribution in [0, 0.1) is 12.8 Å². The molecule has 0 aliphatic carbocycles. The number of sulfonamides is 1. The molecule has 1 amide bonds. The molecule has 2 atom stereocenters. The minimum Gasteiger partial charge on any atom is -0.371 e. The number of aryl methyl sites for hydroxylation is 1. The summed E-state index contributed by atoms with van der Waals surface area (Å²) < 4.78 is 28.1. The van der Waals surface area contributed by atoms with Crippen molar-refractivity contribution in [2.24, 2.45) is 5.92 Å². The van der Waals surface area contributed by atoms with Gasteiger partial charge >= 0.3 is 0 Å². The Kier molecular flexibility index (Phi) is 7.99. The second-order valence-electron chi connectivity index (χ2n) is 9.73. The van der Waals surface area contributed by atoms with E-state index in [0.717, 1.165) is 24.2 Å². The molecular formula is C29H35N3O3S. The van der Waals surface area contributed by atoms with Crippen LogP contribution in [-0.4, -0.2) is 34.0 Å². The number of nitrogens with zero attached hydrogens (tertiary/aromatic N) is 2. The molecule has 190 valence electrons. The maximum Gasteiger partial charge on any atom is 0.264 e. The number of piperidine rings is 1. The Bertz CT molecular complexity index is 1260. The molecule has 1 aliphatic rings. The lowest BCUT2D eigenvalue weighted by atomic mass is 9.99. The van der Waals surface area contributed by atoms with Crippen LogP contribution in [0.5, 0.6) is 0 Å². The summed E-state index contributed by atoms with van der Waals surface area (Å²) in [4.78, 5) is 15.6. The van der Waals surface area contributed by atoms with Gasteiger partial charge in [0.15, 0.2) is 0 Å². The van der Waals surface area contributed by atoms with E-state index in [-0.39, 0.29) is 23.4 Å². The molecule has 0 aromatic heterocycles. The van der Waals surface area contributed by atoms with Crippen molar-refractivity contribution in [1.82, 2.24) is 5.32 Å². The smallest absolute Gasteiger partial charge is 0.264 e. The number of nitrogens with one attached hydrogen (secondary N) is 1. The van der Waals surface area contributed by atoms with Crippen molar-refractivity contribution < 1.29 is 13.2 Å². The van der Waals surface area contributed by atoms with Crippen LogP contribution in [0.25, 0.3) is 0 Å². The average molecular weight is 506 g/mol. The number of anilines is 2. The Balaban J connectivity index is 1.48. The number of hydrogen-bond acceptors (Lipinski definition) is 4. The van der Waals surface area contributed by atoms with Crippen molar-refractivity contribution >= 4 is 27.3 Å². The van der Waals surface area contributed by atoms with Crippen LogP contribution in [0.2, 0.25) is 0 Å². The molecule has 2 unspecified atom stereocenters. The van der Waals surface area contributed by atoms with Crippen LogP contribution in [0.3, 0.4) is 0 Å². The average Bonchev–Trinajstić information content (AvgIpc) is 2.88. The number of benzene rings is 3. The van der Waals surface area contributed by atoms with Crippen LogP contribution in [0.15, 0.2) is 83.8 Å². The predicted molar refractivity (Wildman–Crippen MR) is 146 cm³/mol. The molecule has 0 saturated carbocycles. The fraction of sp³-hybridized carbons (Fsp3) is 0.345. The maximum absolute atomic E-state index is 13.5. The van der Waals surface area contributed by atoms with Crippen molar-refractivity contribution in [1.29, 1.82) is 0 Å². The highest BCUT2D eigenvalue weighted by Gasteiger charge is 2.27. The highest BCUT2D eigenvalue weighted by atomic mass is 32.2.